The van der Waals surface area contributed by atoms with Crippen molar-refractivity contribution in [3.8, 4) is 5.75 Å². The lowest BCUT2D eigenvalue weighted by Crippen LogP contribution is -2.40. The van der Waals surface area contributed by atoms with E-state index in [2.05, 4.69) is 10.1 Å². The van der Waals surface area contributed by atoms with Gasteiger partial charge in [0.25, 0.3) is 11.5 Å². The lowest BCUT2D eigenvalue weighted by Gasteiger charge is -2.32. The third kappa shape index (κ3) is 3.78. The van der Waals surface area contributed by atoms with Crippen molar-refractivity contribution >= 4 is 16.9 Å². The van der Waals surface area contributed by atoms with E-state index in [1.807, 2.05) is 21.7 Å². The summed E-state index contributed by atoms with van der Waals surface area (Å²) in [5.74, 6) is 1.15. The van der Waals surface area contributed by atoms with Gasteiger partial charge in [-0.05, 0) is 37.8 Å². The van der Waals surface area contributed by atoms with Crippen LogP contribution < -0.4 is 10.3 Å². The summed E-state index contributed by atoms with van der Waals surface area (Å²) in [7, 11) is 1.57. The number of nitrogens with one attached hydrogen (secondary N) is 1. The van der Waals surface area contributed by atoms with E-state index in [-0.39, 0.29) is 17.4 Å². The highest BCUT2D eigenvalue weighted by atomic mass is 16.5. The zero-order valence-corrected chi connectivity index (χ0v) is 18.4. The van der Waals surface area contributed by atoms with E-state index < -0.39 is 0 Å². The fraction of sp³-hybridized carbons (Fsp3) is 0.500. The van der Waals surface area contributed by atoms with Crippen molar-refractivity contribution in [2.24, 2.45) is 0 Å². The molecule has 2 aromatic heterocycles. The minimum atomic E-state index is -0.153. The Bertz CT molecular complexity index is 1180. The molecule has 3 heterocycles. The SMILES string of the molecule is COc1ccccc1C(=O)N1CCCC(c2nc3c(cnn3C3CCCCC3)c(=O)[nH]2)C1. The average molecular weight is 436 g/mol. The first-order chi connectivity index (χ1) is 15.7. The van der Waals surface area contributed by atoms with E-state index in [0.717, 1.165) is 25.7 Å². The molecule has 1 aliphatic carbocycles. The molecule has 0 spiro atoms. The van der Waals surface area contributed by atoms with Gasteiger partial charge >= 0.3 is 0 Å². The second-order valence-corrected chi connectivity index (χ2v) is 8.86. The molecule has 3 aromatic rings. The van der Waals surface area contributed by atoms with Gasteiger partial charge in [0.05, 0.1) is 24.9 Å². The van der Waals surface area contributed by atoms with Gasteiger partial charge in [-0.1, -0.05) is 31.4 Å². The maximum atomic E-state index is 13.2. The molecule has 0 bridgehead atoms. The lowest BCUT2D eigenvalue weighted by atomic mass is 9.95. The number of hydrogen-bond donors (Lipinski definition) is 1. The van der Waals surface area contributed by atoms with Crippen molar-refractivity contribution in [3.05, 3.63) is 52.2 Å². The molecule has 1 unspecified atom stereocenters. The van der Waals surface area contributed by atoms with Gasteiger partial charge < -0.3 is 14.6 Å². The van der Waals surface area contributed by atoms with Crippen LogP contribution in [-0.4, -0.2) is 50.8 Å². The highest BCUT2D eigenvalue weighted by Crippen LogP contribution is 2.31. The van der Waals surface area contributed by atoms with Crippen molar-refractivity contribution in [3.63, 3.8) is 0 Å². The molecule has 32 heavy (non-hydrogen) atoms. The first-order valence-corrected chi connectivity index (χ1v) is 11.6. The van der Waals surface area contributed by atoms with Crippen LogP contribution in [-0.2, 0) is 0 Å². The predicted molar refractivity (Wildman–Crippen MR) is 121 cm³/mol. The van der Waals surface area contributed by atoms with E-state index in [9.17, 15) is 9.59 Å². The Labute approximate surface area is 186 Å². The van der Waals surface area contributed by atoms with Gasteiger partial charge in [-0.2, -0.15) is 5.10 Å². The molecule has 0 radical (unpaired) electrons. The number of aromatic amines is 1. The summed E-state index contributed by atoms with van der Waals surface area (Å²) in [4.78, 5) is 35.7. The fourth-order valence-corrected chi connectivity index (χ4v) is 5.12. The lowest BCUT2D eigenvalue weighted by molar-refractivity contribution is 0.0701. The van der Waals surface area contributed by atoms with Crippen LogP contribution in [0.25, 0.3) is 11.0 Å². The predicted octanol–water partition coefficient (Wildman–Crippen LogP) is 3.65. The molecule has 168 valence electrons. The number of piperidine rings is 1. The quantitative estimate of drug-likeness (QED) is 0.675. The third-order valence-corrected chi connectivity index (χ3v) is 6.83. The fourth-order valence-electron chi connectivity index (χ4n) is 5.12. The van der Waals surface area contributed by atoms with E-state index in [1.165, 1.54) is 19.3 Å². The van der Waals surface area contributed by atoms with Crippen LogP contribution in [0.2, 0.25) is 0 Å². The summed E-state index contributed by atoms with van der Waals surface area (Å²) < 4.78 is 7.33. The Morgan fingerprint density at radius 2 is 1.94 bits per heavy atom. The Balaban J connectivity index is 1.43. The smallest absolute Gasteiger partial charge is 0.262 e. The summed E-state index contributed by atoms with van der Waals surface area (Å²) in [6.45, 7) is 1.20. The van der Waals surface area contributed by atoms with Crippen molar-refractivity contribution < 1.29 is 9.53 Å². The molecular formula is C24H29N5O3. The first-order valence-electron chi connectivity index (χ1n) is 11.6. The number of likely N-dealkylation sites (tertiary alicyclic amines) is 1. The van der Waals surface area contributed by atoms with Crippen LogP contribution in [0.5, 0.6) is 5.75 Å². The monoisotopic (exact) mass is 435 g/mol. The number of benzene rings is 1. The van der Waals surface area contributed by atoms with E-state index in [1.54, 1.807) is 25.4 Å². The van der Waals surface area contributed by atoms with Gasteiger partial charge in [-0.3, -0.25) is 9.59 Å². The molecule has 1 saturated heterocycles. The standard InChI is InChI=1S/C24H29N5O3/c1-32-20-12-6-5-11-18(20)24(31)28-13-7-8-16(15-28)21-26-22-19(23(30)27-21)14-25-29(22)17-9-3-2-4-10-17/h5-6,11-12,14,16-17H,2-4,7-10,13,15H2,1H3,(H,26,27,30). The van der Waals surface area contributed by atoms with Gasteiger partial charge in [0, 0.05) is 19.0 Å². The zero-order chi connectivity index (χ0) is 22.1. The maximum Gasteiger partial charge on any atom is 0.262 e. The second kappa shape index (κ2) is 8.76. The number of para-hydroxylation sites is 1. The van der Waals surface area contributed by atoms with Crippen LogP contribution in [0.4, 0.5) is 0 Å². The molecule has 8 nitrogen and oxygen atoms in total. The number of carbonyl (C=O) groups excluding carboxylic acids is 1. The number of hydrogen-bond acceptors (Lipinski definition) is 5. The van der Waals surface area contributed by atoms with Crippen molar-refractivity contribution in [1.29, 1.82) is 0 Å². The van der Waals surface area contributed by atoms with Gasteiger partial charge in [-0.15, -0.1) is 0 Å². The summed E-state index contributed by atoms with van der Waals surface area (Å²) in [6.07, 6.45) is 9.15. The maximum absolute atomic E-state index is 13.2. The number of fused-ring (bicyclic) bond motifs is 1. The highest BCUT2D eigenvalue weighted by molar-refractivity contribution is 5.97. The first kappa shape index (κ1) is 20.7. The highest BCUT2D eigenvalue weighted by Gasteiger charge is 2.29. The molecule has 1 aliphatic heterocycles. The van der Waals surface area contributed by atoms with Crippen LogP contribution in [0.15, 0.2) is 35.3 Å². The van der Waals surface area contributed by atoms with Gasteiger partial charge in [0.1, 0.15) is 17.0 Å². The van der Waals surface area contributed by atoms with Gasteiger partial charge in [0.2, 0.25) is 0 Å². The largest absolute Gasteiger partial charge is 0.496 e. The third-order valence-electron chi connectivity index (χ3n) is 6.83. The summed E-state index contributed by atoms with van der Waals surface area (Å²) in [6, 6.07) is 7.59. The summed E-state index contributed by atoms with van der Waals surface area (Å²) in [5.41, 5.74) is 1.08. The van der Waals surface area contributed by atoms with E-state index in [4.69, 9.17) is 9.72 Å². The van der Waals surface area contributed by atoms with Crippen molar-refractivity contribution in [2.75, 3.05) is 20.2 Å². The van der Waals surface area contributed by atoms with Crippen molar-refractivity contribution in [1.82, 2.24) is 24.6 Å². The number of rotatable bonds is 4. The Morgan fingerprint density at radius 1 is 1.12 bits per heavy atom. The summed E-state index contributed by atoms with van der Waals surface area (Å²) >= 11 is 0. The van der Waals surface area contributed by atoms with Crippen LogP contribution in [0, 0.1) is 0 Å². The minimum absolute atomic E-state index is 0.0192. The summed E-state index contributed by atoms with van der Waals surface area (Å²) in [5, 5.41) is 5.06. The number of methoxy groups -OCH3 is 1. The Morgan fingerprint density at radius 3 is 2.75 bits per heavy atom. The Hall–Kier alpha value is -3.16. The van der Waals surface area contributed by atoms with Crippen LogP contribution >= 0.6 is 0 Å². The minimum Gasteiger partial charge on any atom is -0.496 e. The van der Waals surface area contributed by atoms with Gasteiger partial charge in [0.15, 0.2) is 5.65 Å². The van der Waals surface area contributed by atoms with Crippen LogP contribution in [0.1, 0.15) is 73.1 Å². The molecule has 1 saturated carbocycles. The average Bonchev–Trinajstić information content (AvgIpc) is 3.29. The normalized spacial score (nSPS) is 19.9. The number of H-pyrrole nitrogens is 1. The number of amides is 1. The number of ether oxygens (including phenoxy) is 1. The topological polar surface area (TPSA) is 93.1 Å². The molecule has 1 aromatic carbocycles. The van der Waals surface area contributed by atoms with E-state index >= 15 is 0 Å². The number of nitrogens with zero attached hydrogens (tertiary/aromatic N) is 4. The molecule has 5 rings (SSSR count). The molecule has 1 amide bonds. The Kier molecular flexibility index (Phi) is 5.68. The van der Waals surface area contributed by atoms with Gasteiger partial charge in [-0.25, -0.2) is 9.67 Å². The molecule has 1 atom stereocenters. The van der Waals surface area contributed by atoms with E-state index in [0.29, 0.717) is 47.3 Å². The zero-order valence-electron chi connectivity index (χ0n) is 18.4. The molecule has 8 heteroatoms. The second-order valence-electron chi connectivity index (χ2n) is 8.86. The molecule has 1 N–H and O–H groups in total. The molecular weight excluding hydrogens is 406 g/mol. The van der Waals surface area contributed by atoms with Crippen molar-refractivity contribution in [2.45, 2.75) is 56.9 Å². The number of aromatic nitrogens is 4. The van der Waals surface area contributed by atoms with Crippen LogP contribution in [0.3, 0.4) is 0 Å². The number of carbonyl (C=O) groups is 1. The molecule has 2 fully saturated rings. The molecule has 2 aliphatic rings.